The highest BCUT2D eigenvalue weighted by Gasteiger charge is 2.13. The number of methoxy groups -OCH3 is 2. The molecule has 26 heavy (non-hydrogen) atoms. The third kappa shape index (κ3) is 3.80. The van der Waals surface area contributed by atoms with E-state index in [1.54, 1.807) is 62.8 Å². The number of carbonyl (C=O) groups excluding carboxylic acids is 1. The summed E-state index contributed by atoms with van der Waals surface area (Å²) in [6, 6.07) is 15.9. The Hall–Kier alpha value is -3.41. The summed E-state index contributed by atoms with van der Waals surface area (Å²) in [6.07, 6.45) is 0. The molecule has 3 aromatic rings. The van der Waals surface area contributed by atoms with Crippen molar-refractivity contribution < 1.29 is 19.0 Å². The largest absolute Gasteiger partial charge is 0.497 e. The average Bonchev–Trinajstić information content (AvgIpc) is 2.68. The van der Waals surface area contributed by atoms with Gasteiger partial charge in [-0.05, 0) is 43.3 Å². The van der Waals surface area contributed by atoms with Crippen LogP contribution < -0.4 is 14.2 Å². The van der Waals surface area contributed by atoms with Gasteiger partial charge in [0.2, 0.25) is 5.88 Å². The maximum Gasteiger partial charge on any atom is 0.344 e. The van der Waals surface area contributed by atoms with Crippen molar-refractivity contribution in [2.45, 2.75) is 6.92 Å². The van der Waals surface area contributed by atoms with E-state index in [-0.39, 0.29) is 5.88 Å². The predicted octanol–water partition coefficient (Wildman–Crippen LogP) is 3.69. The molecule has 132 valence electrons. The molecule has 1 aromatic heterocycles. The Morgan fingerprint density at radius 2 is 1.77 bits per heavy atom. The molecule has 6 heteroatoms. The molecule has 0 fully saturated rings. The zero-order valence-corrected chi connectivity index (χ0v) is 14.7. The lowest BCUT2D eigenvalue weighted by Gasteiger charge is -2.10. The number of hydrogen-bond acceptors (Lipinski definition) is 6. The molecule has 0 atom stereocenters. The molecule has 1 heterocycles. The molecule has 6 nitrogen and oxygen atoms in total. The number of esters is 1. The molecule has 0 saturated heterocycles. The Kier molecular flexibility index (Phi) is 5.12. The second-order valence-corrected chi connectivity index (χ2v) is 5.58. The molecule has 0 spiro atoms. The lowest BCUT2D eigenvalue weighted by atomic mass is 10.1. The van der Waals surface area contributed by atoms with Crippen LogP contribution >= 0.6 is 0 Å². The van der Waals surface area contributed by atoms with Gasteiger partial charge in [-0.3, -0.25) is 0 Å². The van der Waals surface area contributed by atoms with Crippen LogP contribution in [0.1, 0.15) is 15.9 Å². The molecule has 0 amide bonds. The second kappa shape index (κ2) is 7.65. The van der Waals surface area contributed by atoms with E-state index >= 15 is 0 Å². The van der Waals surface area contributed by atoms with Crippen molar-refractivity contribution in [2.24, 2.45) is 0 Å². The van der Waals surface area contributed by atoms with E-state index in [1.165, 1.54) is 0 Å². The number of ether oxygens (including phenoxy) is 3. The fourth-order valence-corrected chi connectivity index (χ4v) is 2.46. The average molecular weight is 350 g/mol. The van der Waals surface area contributed by atoms with Gasteiger partial charge in [-0.1, -0.05) is 17.7 Å². The van der Waals surface area contributed by atoms with Crippen LogP contribution in [0.15, 0.2) is 54.6 Å². The minimum Gasteiger partial charge on any atom is -0.497 e. The molecular formula is C20H18N2O4. The topological polar surface area (TPSA) is 70.5 Å². The minimum atomic E-state index is -0.477. The highest BCUT2D eigenvalue weighted by molar-refractivity contribution is 5.91. The predicted molar refractivity (Wildman–Crippen MR) is 96.7 cm³/mol. The summed E-state index contributed by atoms with van der Waals surface area (Å²) in [5, 5.41) is 8.12. The van der Waals surface area contributed by atoms with Gasteiger partial charge in [0.1, 0.15) is 11.5 Å². The molecular weight excluding hydrogens is 332 g/mol. The van der Waals surface area contributed by atoms with E-state index < -0.39 is 5.97 Å². The summed E-state index contributed by atoms with van der Waals surface area (Å²) >= 11 is 0. The molecule has 3 rings (SSSR count). The highest BCUT2D eigenvalue weighted by atomic mass is 16.5. The zero-order valence-electron chi connectivity index (χ0n) is 14.7. The standard InChI is InChI=1S/C20H18N2O4/c1-13-5-4-6-14(11-13)20(23)26-19-10-8-17(21-22-19)16-12-15(24-2)7-9-18(16)25-3/h4-12H,1-3H3. The van der Waals surface area contributed by atoms with Crippen LogP contribution in [0.2, 0.25) is 0 Å². The van der Waals surface area contributed by atoms with E-state index in [0.29, 0.717) is 22.8 Å². The van der Waals surface area contributed by atoms with Crippen molar-refractivity contribution in [3.63, 3.8) is 0 Å². The first-order valence-corrected chi connectivity index (χ1v) is 7.95. The number of aryl methyl sites for hydroxylation is 1. The maximum atomic E-state index is 12.2. The van der Waals surface area contributed by atoms with Gasteiger partial charge in [0.15, 0.2) is 0 Å². The fourth-order valence-electron chi connectivity index (χ4n) is 2.46. The first-order chi connectivity index (χ1) is 12.6. The van der Waals surface area contributed by atoms with Crippen LogP contribution in [0.5, 0.6) is 17.4 Å². The van der Waals surface area contributed by atoms with Crippen LogP contribution in [0.4, 0.5) is 0 Å². The Morgan fingerprint density at radius 1 is 0.923 bits per heavy atom. The van der Waals surface area contributed by atoms with E-state index in [9.17, 15) is 4.79 Å². The van der Waals surface area contributed by atoms with Crippen molar-refractivity contribution in [3.8, 4) is 28.6 Å². The van der Waals surface area contributed by atoms with E-state index in [2.05, 4.69) is 10.2 Å². The van der Waals surface area contributed by atoms with Gasteiger partial charge in [0, 0.05) is 11.6 Å². The summed E-state index contributed by atoms with van der Waals surface area (Å²) in [5.41, 5.74) is 2.75. The van der Waals surface area contributed by atoms with Gasteiger partial charge in [-0.25, -0.2) is 4.79 Å². The minimum absolute atomic E-state index is 0.127. The Balaban J connectivity index is 1.82. The van der Waals surface area contributed by atoms with E-state index in [0.717, 1.165) is 11.1 Å². The van der Waals surface area contributed by atoms with Crippen LogP contribution in [-0.4, -0.2) is 30.4 Å². The number of rotatable bonds is 5. The van der Waals surface area contributed by atoms with Gasteiger partial charge >= 0.3 is 5.97 Å². The summed E-state index contributed by atoms with van der Waals surface area (Å²) in [5.74, 6) is 0.971. The van der Waals surface area contributed by atoms with E-state index in [1.807, 2.05) is 13.0 Å². The zero-order chi connectivity index (χ0) is 18.5. The van der Waals surface area contributed by atoms with Crippen molar-refractivity contribution >= 4 is 5.97 Å². The third-order valence-electron chi connectivity index (χ3n) is 3.77. The second-order valence-electron chi connectivity index (χ2n) is 5.58. The first-order valence-electron chi connectivity index (χ1n) is 7.95. The van der Waals surface area contributed by atoms with Crippen molar-refractivity contribution in [1.82, 2.24) is 10.2 Å². The van der Waals surface area contributed by atoms with Gasteiger partial charge in [0.05, 0.1) is 25.5 Å². The molecule has 0 aliphatic heterocycles. The first kappa shape index (κ1) is 17.4. The molecule has 0 bridgehead atoms. The monoisotopic (exact) mass is 350 g/mol. The molecule has 0 saturated carbocycles. The molecule has 0 N–H and O–H groups in total. The molecule has 0 aliphatic rings. The SMILES string of the molecule is COc1ccc(OC)c(-c2ccc(OC(=O)c3cccc(C)c3)nn2)c1. The van der Waals surface area contributed by atoms with Crippen molar-refractivity contribution in [3.05, 3.63) is 65.7 Å². The van der Waals surface area contributed by atoms with Crippen LogP contribution in [0.25, 0.3) is 11.3 Å². The van der Waals surface area contributed by atoms with Crippen molar-refractivity contribution in [1.29, 1.82) is 0 Å². The summed E-state index contributed by atoms with van der Waals surface area (Å²) in [4.78, 5) is 12.2. The third-order valence-corrected chi connectivity index (χ3v) is 3.77. The van der Waals surface area contributed by atoms with Crippen LogP contribution in [-0.2, 0) is 0 Å². The van der Waals surface area contributed by atoms with Gasteiger partial charge in [-0.15, -0.1) is 10.2 Å². The summed E-state index contributed by atoms with van der Waals surface area (Å²) < 4.78 is 15.9. The quantitative estimate of drug-likeness (QED) is 0.654. The normalized spacial score (nSPS) is 10.3. The Labute approximate surface area is 151 Å². The number of aromatic nitrogens is 2. The Morgan fingerprint density at radius 3 is 2.42 bits per heavy atom. The summed E-state index contributed by atoms with van der Waals surface area (Å²) in [6.45, 7) is 1.91. The van der Waals surface area contributed by atoms with Crippen molar-refractivity contribution in [2.75, 3.05) is 14.2 Å². The molecule has 2 aromatic carbocycles. The lowest BCUT2D eigenvalue weighted by molar-refractivity contribution is 0.0725. The molecule has 0 radical (unpaired) electrons. The number of carbonyl (C=O) groups is 1. The Bertz CT molecular complexity index is 923. The van der Waals surface area contributed by atoms with Crippen LogP contribution in [0.3, 0.4) is 0 Å². The number of nitrogens with zero attached hydrogens (tertiary/aromatic N) is 2. The van der Waals surface area contributed by atoms with Gasteiger partial charge < -0.3 is 14.2 Å². The van der Waals surface area contributed by atoms with Crippen LogP contribution in [0, 0.1) is 6.92 Å². The lowest BCUT2D eigenvalue weighted by Crippen LogP contribution is -2.10. The maximum absolute atomic E-state index is 12.2. The highest BCUT2D eigenvalue weighted by Crippen LogP contribution is 2.32. The molecule has 0 aliphatic carbocycles. The molecule has 0 unspecified atom stereocenters. The van der Waals surface area contributed by atoms with E-state index in [4.69, 9.17) is 14.2 Å². The van der Waals surface area contributed by atoms with Gasteiger partial charge in [-0.2, -0.15) is 0 Å². The number of benzene rings is 2. The summed E-state index contributed by atoms with van der Waals surface area (Å²) in [7, 11) is 3.17. The van der Waals surface area contributed by atoms with Gasteiger partial charge in [0.25, 0.3) is 0 Å². The smallest absolute Gasteiger partial charge is 0.344 e. The fraction of sp³-hybridized carbons (Fsp3) is 0.150. The number of hydrogen-bond donors (Lipinski definition) is 0.